The van der Waals surface area contributed by atoms with E-state index >= 15 is 0 Å². The van der Waals surface area contributed by atoms with E-state index in [2.05, 4.69) is 4.98 Å². The number of hydrogen-bond acceptors (Lipinski definition) is 4. The van der Waals surface area contributed by atoms with Crippen LogP contribution in [0.2, 0.25) is 5.15 Å². The van der Waals surface area contributed by atoms with Crippen molar-refractivity contribution in [2.75, 3.05) is 18.8 Å². The predicted molar refractivity (Wildman–Crippen MR) is 74.2 cm³/mol. The molecule has 5 nitrogen and oxygen atoms in total. The third-order valence-corrected chi connectivity index (χ3v) is 3.20. The SMILES string of the molecule is CC1CN(C(=O)c2cc(Cl)ncc2N)CC(C)(C)O1. The number of halogens is 1. The fourth-order valence-electron chi connectivity index (χ4n) is 2.40. The summed E-state index contributed by atoms with van der Waals surface area (Å²) in [5.41, 5.74) is 6.17. The van der Waals surface area contributed by atoms with E-state index in [1.165, 1.54) is 12.3 Å². The number of nitrogen functional groups attached to an aromatic ring is 1. The molecule has 0 spiro atoms. The standard InChI is InChI=1S/C13H18ClN3O2/c1-8-6-17(7-13(2,3)19-8)12(18)9-4-11(14)16-5-10(9)15/h4-5,8H,6-7,15H2,1-3H3. The molecule has 0 radical (unpaired) electrons. The van der Waals surface area contributed by atoms with Crippen molar-refractivity contribution in [3.8, 4) is 0 Å². The molecular formula is C13H18ClN3O2. The van der Waals surface area contributed by atoms with E-state index in [9.17, 15) is 4.79 Å². The lowest BCUT2D eigenvalue weighted by Crippen LogP contribution is -2.53. The van der Waals surface area contributed by atoms with Crippen molar-refractivity contribution in [1.29, 1.82) is 0 Å². The van der Waals surface area contributed by atoms with Crippen molar-refractivity contribution in [1.82, 2.24) is 9.88 Å². The molecule has 1 saturated heterocycles. The van der Waals surface area contributed by atoms with Crippen LogP contribution in [0.1, 0.15) is 31.1 Å². The largest absolute Gasteiger partial charge is 0.397 e. The summed E-state index contributed by atoms with van der Waals surface area (Å²) in [5, 5.41) is 0.262. The van der Waals surface area contributed by atoms with E-state index in [0.29, 0.717) is 24.3 Å². The minimum Gasteiger partial charge on any atom is -0.397 e. The Kier molecular flexibility index (Phi) is 3.69. The highest BCUT2D eigenvalue weighted by Gasteiger charge is 2.34. The molecule has 1 fully saturated rings. The summed E-state index contributed by atoms with van der Waals surface area (Å²) < 4.78 is 5.78. The number of carbonyl (C=O) groups is 1. The maximum atomic E-state index is 12.5. The molecule has 2 rings (SSSR count). The van der Waals surface area contributed by atoms with E-state index in [0.717, 1.165) is 0 Å². The highest BCUT2D eigenvalue weighted by molar-refractivity contribution is 6.29. The summed E-state index contributed by atoms with van der Waals surface area (Å²) in [5.74, 6) is -0.134. The lowest BCUT2D eigenvalue weighted by molar-refractivity contribution is -0.118. The second kappa shape index (κ2) is 4.98. The molecule has 0 saturated carbocycles. The molecule has 2 N–H and O–H groups in total. The first-order chi connectivity index (χ1) is 8.78. The van der Waals surface area contributed by atoms with Crippen LogP contribution in [0.5, 0.6) is 0 Å². The van der Waals surface area contributed by atoms with Gasteiger partial charge in [-0.1, -0.05) is 11.6 Å². The van der Waals surface area contributed by atoms with Gasteiger partial charge in [-0.2, -0.15) is 0 Å². The lowest BCUT2D eigenvalue weighted by Gasteiger charge is -2.41. The van der Waals surface area contributed by atoms with Gasteiger partial charge >= 0.3 is 0 Å². The minimum atomic E-state index is -0.362. The zero-order valence-corrected chi connectivity index (χ0v) is 12.1. The molecule has 1 aromatic heterocycles. The molecule has 1 unspecified atom stereocenters. The Hall–Kier alpha value is -1.33. The van der Waals surface area contributed by atoms with Crippen molar-refractivity contribution in [3.05, 3.63) is 23.0 Å². The van der Waals surface area contributed by atoms with Crippen LogP contribution in [0.3, 0.4) is 0 Å². The van der Waals surface area contributed by atoms with Crippen LogP contribution in [0, 0.1) is 0 Å². The minimum absolute atomic E-state index is 0.00812. The zero-order chi connectivity index (χ0) is 14.2. The average molecular weight is 284 g/mol. The third-order valence-electron chi connectivity index (χ3n) is 2.99. The van der Waals surface area contributed by atoms with Gasteiger partial charge in [-0.15, -0.1) is 0 Å². The Balaban J connectivity index is 2.26. The zero-order valence-electron chi connectivity index (χ0n) is 11.3. The number of rotatable bonds is 1. The Morgan fingerprint density at radius 1 is 1.63 bits per heavy atom. The maximum absolute atomic E-state index is 12.5. The van der Waals surface area contributed by atoms with Gasteiger partial charge in [0.25, 0.3) is 5.91 Å². The van der Waals surface area contributed by atoms with Crippen LogP contribution < -0.4 is 5.73 Å². The normalized spacial score (nSPS) is 22.3. The number of hydrogen-bond donors (Lipinski definition) is 1. The molecule has 0 aromatic carbocycles. The molecule has 104 valence electrons. The fourth-order valence-corrected chi connectivity index (χ4v) is 2.56. The first-order valence-electron chi connectivity index (χ1n) is 6.16. The number of anilines is 1. The number of aromatic nitrogens is 1. The average Bonchev–Trinajstić information content (AvgIpc) is 2.29. The monoisotopic (exact) mass is 283 g/mol. The highest BCUT2D eigenvalue weighted by atomic mass is 35.5. The first kappa shape index (κ1) is 14.1. The number of morpholine rings is 1. The van der Waals surface area contributed by atoms with Crippen LogP contribution >= 0.6 is 11.6 Å². The Labute approximate surface area is 117 Å². The Morgan fingerprint density at radius 3 is 2.95 bits per heavy atom. The number of amides is 1. The number of ether oxygens (including phenoxy) is 1. The molecule has 1 amide bonds. The topological polar surface area (TPSA) is 68.5 Å². The Morgan fingerprint density at radius 2 is 2.32 bits per heavy atom. The van der Waals surface area contributed by atoms with Gasteiger partial charge in [0.2, 0.25) is 0 Å². The van der Waals surface area contributed by atoms with Crippen LogP contribution in [0.15, 0.2) is 12.3 Å². The second-order valence-electron chi connectivity index (χ2n) is 5.47. The van der Waals surface area contributed by atoms with E-state index < -0.39 is 0 Å². The van der Waals surface area contributed by atoms with Gasteiger partial charge < -0.3 is 15.4 Å². The molecule has 1 aliphatic rings. The van der Waals surface area contributed by atoms with Crippen molar-refractivity contribution in [2.45, 2.75) is 32.5 Å². The summed E-state index contributed by atoms with van der Waals surface area (Å²) in [6.45, 7) is 6.94. The van der Waals surface area contributed by atoms with Gasteiger partial charge in [0.1, 0.15) is 5.15 Å². The fraction of sp³-hybridized carbons (Fsp3) is 0.538. The second-order valence-corrected chi connectivity index (χ2v) is 5.86. The molecule has 2 heterocycles. The molecular weight excluding hydrogens is 266 g/mol. The van der Waals surface area contributed by atoms with E-state index in [-0.39, 0.29) is 22.8 Å². The van der Waals surface area contributed by atoms with Gasteiger partial charge in [0.15, 0.2) is 0 Å². The van der Waals surface area contributed by atoms with Gasteiger partial charge in [-0.25, -0.2) is 4.98 Å². The van der Waals surface area contributed by atoms with E-state index in [1.54, 1.807) is 4.90 Å². The molecule has 6 heteroatoms. The third kappa shape index (κ3) is 3.16. The van der Waals surface area contributed by atoms with Crippen molar-refractivity contribution in [2.24, 2.45) is 0 Å². The Bertz CT molecular complexity index is 505. The van der Waals surface area contributed by atoms with Crippen molar-refractivity contribution in [3.63, 3.8) is 0 Å². The molecule has 0 aliphatic carbocycles. The molecule has 1 aromatic rings. The summed E-state index contributed by atoms with van der Waals surface area (Å²) in [7, 11) is 0. The molecule has 19 heavy (non-hydrogen) atoms. The summed E-state index contributed by atoms with van der Waals surface area (Å²) in [6.07, 6.45) is 1.40. The van der Waals surface area contributed by atoms with Gasteiger partial charge in [0, 0.05) is 13.1 Å². The predicted octanol–water partition coefficient (Wildman–Crippen LogP) is 1.96. The van der Waals surface area contributed by atoms with Crippen LogP contribution in [-0.4, -0.2) is 40.6 Å². The van der Waals surface area contributed by atoms with E-state index in [4.69, 9.17) is 22.1 Å². The molecule has 0 bridgehead atoms. The molecule has 1 atom stereocenters. The van der Waals surface area contributed by atoms with Crippen LogP contribution in [0.4, 0.5) is 5.69 Å². The number of nitrogens with two attached hydrogens (primary N) is 1. The smallest absolute Gasteiger partial charge is 0.256 e. The summed E-state index contributed by atoms with van der Waals surface area (Å²) in [6, 6.07) is 1.51. The first-order valence-corrected chi connectivity index (χ1v) is 6.54. The quantitative estimate of drug-likeness (QED) is 0.800. The van der Waals surface area contributed by atoms with E-state index in [1.807, 2.05) is 20.8 Å². The highest BCUT2D eigenvalue weighted by Crippen LogP contribution is 2.24. The molecule has 1 aliphatic heterocycles. The van der Waals surface area contributed by atoms with Crippen molar-refractivity contribution < 1.29 is 9.53 Å². The summed E-state index contributed by atoms with van der Waals surface area (Å²) in [4.78, 5) is 18.1. The van der Waals surface area contributed by atoms with Gasteiger partial charge in [-0.05, 0) is 26.8 Å². The van der Waals surface area contributed by atoms with Crippen LogP contribution in [-0.2, 0) is 4.74 Å². The number of carbonyl (C=O) groups excluding carboxylic acids is 1. The number of pyridine rings is 1. The summed E-state index contributed by atoms with van der Waals surface area (Å²) >= 11 is 5.82. The van der Waals surface area contributed by atoms with Crippen LogP contribution in [0.25, 0.3) is 0 Å². The van der Waals surface area contributed by atoms with Gasteiger partial charge in [-0.3, -0.25) is 4.79 Å². The van der Waals surface area contributed by atoms with Crippen molar-refractivity contribution >= 4 is 23.2 Å². The number of nitrogens with zero attached hydrogens (tertiary/aromatic N) is 2. The lowest BCUT2D eigenvalue weighted by atomic mass is 10.0. The van der Waals surface area contributed by atoms with Gasteiger partial charge in [0.05, 0.1) is 29.2 Å². The maximum Gasteiger partial charge on any atom is 0.256 e.